The van der Waals surface area contributed by atoms with E-state index in [1.807, 2.05) is 24.3 Å². The monoisotopic (exact) mass is 241 g/mol. The fourth-order valence-electron chi connectivity index (χ4n) is 1.10. The molecule has 0 saturated heterocycles. The Kier molecular flexibility index (Phi) is 5.14. The Hall–Kier alpha value is -1.20. The lowest BCUT2D eigenvalue weighted by molar-refractivity contribution is -0.141. The van der Waals surface area contributed by atoms with Crippen LogP contribution in [-0.2, 0) is 9.53 Å². The molecule has 0 aliphatic rings. The molecule has 88 valence electrons. The summed E-state index contributed by atoms with van der Waals surface area (Å²) in [5, 5.41) is 0. The Bertz CT molecular complexity index is 357. The highest BCUT2D eigenvalue weighted by Crippen LogP contribution is 2.23. The van der Waals surface area contributed by atoms with Crippen LogP contribution in [0.5, 0.6) is 5.75 Å². The van der Waals surface area contributed by atoms with Crippen LogP contribution in [0.1, 0.15) is 0 Å². The lowest BCUT2D eigenvalue weighted by Gasteiger charge is -2.09. The summed E-state index contributed by atoms with van der Waals surface area (Å²) >= 11 is 1.50. The van der Waals surface area contributed by atoms with Gasteiger partial charge >= 0.3 is 5.97 Å². The number of benzene rings is 1. The molecule has 4 nitrogen and oxygen atoms in total. The van der Waals surface area contributed by atoms with Crippen molar-refractivity contribution in [3.8, 4) is 5.75 Å². The fourth-order valence-corrected chi connectivity index (χ4v) is 1.98. The van der Waals surface area contributed by atoms with Gasteiger partial charge in [0.1, 0.15) is 11.8 Å². The molecule has 0 spiro atoms. The molecule has 0 unspecified atom stereocenters. The van der Waals surface area contributed by atoms with E-state index in [1.54, 1.807) is 7.11 Å². The molecule has 0 aliphatic carbocycles. The Balaban J connectivity index is 2.51. The van der Waals surface area contributed by atoms with E-state index in [0.29, 0.717) is 5.75 Å². The van der Waals surface area contributed by atoms with Crippen molar-refractivity contribution in [1.29, 1.82) is 0 Å². The topological polar surface area (TPSA) is 61.5 Å². The molecule has 0 bridgehead atoms. The molecule has 0 heterocycles. The van der Waals surface area contributed by atoms with E-state index in [2.05, 4.69) is 4.74 Å². The number of hydrogen-bond acceptors (Lipinski definition) is 5. The molecule has 0 amide bonds. The van der Waals surface area contributed by atoms with Gasteiger partial charge in [-0.2, -0.15) is 0 Å². The molecule has 5 heteroatoms. The minimum absolute atomic E-state index is 0.393. The summed E-state index contributed by atoms with van der Waals surface area (Å²) in [6, 6.07) is 7.00. The van der Waals surface area contributed by atoms with Crippen molar-refractivity contribution < 1.29 is 14.3 Å². The van der Waals surface area contributed by atoms with E-state index in [1.165, 1.54) is 18.9 Å². The van der Waals surface area contributed by atoms with Crippen molar-refractivity contribution in [2.75, 3.05) is 20.0 Å². The molecule has 1 atom stereocenters. The van der Waals surface area contributed by atoms with Crippen LogP contribution in [0, 0.1) is 0 Å². The van der Waals surface area contributed by atoms with Crippen LogP contribution in [0.2, 0.25) is 0 Å². The maximum atomic E-state index is 11.1. The first-order valence-electron chi connectivity index (χ1n) is 4.77. The zero-order valence-electron chi connectivity index (χ0n) is 9.30. The number of methoxy groups -OCH3 is 2. The smallest absolute Gasteiger partial charge is 0.323 e. The molecule has 2 N–H and O–H groups in total. The summed E-state index contributed by atoms with van der Waals surface area (Å²) in [7, 11) is 2.95. The molecule has 1 rings (SSSR count). The third-order valence-corrected chi connectivity index (χ3v) is 3.09. The molecular formula is C11H15NO3S. The average molecular weight is 241 g/mol. The molecular weight excluding hydrogens is 226 g/mol. The van der Waals surface area contributed by atoms with E-state index >= 15 is 0 Å². The van der Waals surface area contributed by atoms with Gasteiger partial charge in [-0.3, -0.25) is 4.79 Å². The zero-order chi connectivity index (χ0) is 12.0. The predicted molar refractivity (Wildman–Crippen MR) is 63.7 cm³/mol. The number of carbonyl (C=O) groups excluding carboxylic acids is 1. The first-order valence-corrected chi connectivity index (χ1v) is 5.76. The SMILES string of the molecule is COC(=O)[C@@H](N)CSc1cccc(OC)c1. The highest BCUT2D eigenvalue weighted by molar-refractivity contribution is 7.99. The number of carbonyl (C=O) groups is 1. The summed E-state index contributed by atoms with van der Waals surface area (Å²) in [5.41, 5.74) is 5.62. The minimum atomic E-state index is -0.596. The molecule has 1 aromatic rings. The Morgan fingerprint density at radius 1 is 1.50 bits per heavy atom. The Morgan fingerprint density at radius 3 is 2.88 bits per heavy atom. The van der Waals surface area contributed by atoms with Gasteiger partial charge < -0.3 is 15.2 Å². The van der Waals surface area contributed by atoms with Crippen LogP contribution >= 0.6 is 11.8 Å². The molecule has 1 aromatic carbocycles. The van der Waals surface area contributed by atoms with Crippen LogP contribution in [0.25, 0.3) is 0 Å². The van der Waals surface area contributed by atoms with Crippen LogP contribution < -0.4 is 10.5 Å². The zero-order valence-corrected chi connectivity index (χ0v) is 10.1. The van der Waals surface area contributed by atoms with Crippen molar-refractivity contribution in [3.05, 3.63) is 24.3 Å². The van der Waals surface area contributed by atoms with E-state index in [4.69, 9.17) is 10.5 Å². The number of hydrogen-bond donors (Lipinski definition) is 1. The lowest BCUT2D eigenvalue weighted by atomic mass is 10.3. The van der Waals surface area contributed by atoms with E-state index in [9.17, 15) is 4.79 Å². The van der Waals surface area contributed by atoms with Gasteiger partial charge in [0.2, 0.25) is 0 Å². The summed E-state index contributed by atoms with van der Waals surface area (Å²) in [4.78, 5) is 12.1. The van der Waals surface area contributed by atoms with Crippen molar-refractivity contribution in [2.24, 2.45) is 5.73 Å². The van der Waals surface area contributed by atoms with Gasteiger partial charge in [-0.05, 0) is 18.2 Å². The van der Waals surface area contributed by atoms with Gasteiger partial charge in [-0.25, -0.2) is 0 Å². The summed E-state index contributed by atoms with van der Waals surface area (Å²) in [6.45, 7) is 0. The van der Waals surface area contributed by atoms with Crippen molar-refractivity contribution in [2.45, 2.75) is 10.9 Å². The molecule has 0 saturated carbocycles. The summed E-state index contributed by atoms with van der Waals surface area (Å²) in [5.74, 6) is 0.881. The molecule has 16 heavy (non-hydrogen) atoms. The van der Waals surface area contributed by atoms with Crippen molar-refractivity contribution >= 4 is 17.7 Å². The normalized spacial score (nSPS) is 11.9. The lowest BCUT2D eigenvalue weighted by Crippen LogP contribution is -2.33. The third-order valence-electron chi connectivity index (χ3n) is 1.97. The van der Waals surface area contributed by atoms with E-state index in [0.717, 1.165) is 10.6 Å². The highest BCUT2D eigenvalue weighted by Gasteiger charge is 2.13. The van der Waals surface area contributed by atoms with Crippen molar-refractivity contribution in [1.82, 2.24) is 0 Å². The first-order chi connectivity index (χ1) is 7.67. The minimum Gasteiger partial charge on any atom is -0.497 e. The molecule has 0 radical (unpaired) electrons. The van der Waals surface area contributed by atoms with Crippen LogP contribution in [0.3, 0.4) is 0 Å². The Labute approximate surface area is 99.1 Å². The number of esters is 1. The maximum absolute atomic E-state index is 11.1. The first kappa shape index (κ1) is 12.9. The van der Waals surface area contributed by atoms with Crippen LogP contribution in [0.15, 0.2) is 29.2 Å². The second-order valence-corrected chi connectivity index (χ2v) is 4.21. The van der Waals surface area contributed by atoms with Gasteiger partial charge in [0.15, 0.2) is 0 Å². The fraction of sp³-hybridized carbons (Fsp3) is 0.364. The van der Waals surface area contributed by atoms with Crippen molar-refractivity contribution in [3.63, 3.8) is 0 Å². The van der Waals surface area contributed by atoms with Crippen LogP contribution in [0.4, 0.5) is 0 Å². The standard InChI is InChI=1S/C11H15NO3S/c1-14-8-4-3-5-9(6-8)16-7-10(12)11(13)15-2/h3-6,10H,7,12H2,1-2H3/t10-/m0/s1. The summed E-state index contributed by atoms with van der Waals surface area (Å²) in [6.07, 6.45) is 0. The van der Waals surface area contributed by atoms with Gasteiger partial charge in [-0.15, -0.1) is 11.8 Å². The summed E-state index contributed by atoms with van der Waals surface area (Å²) < 4.78 is 9.64. The Morgan fingerprint density at radius 2 is 2.25 bits per heavy atom. The van der Waals surface area contributed by atoms with Gasteiger partial charge in [0.05, 0.1) is 14.2 Å². The van der Waals surface area contributed by atoms with Gasteiger partial charge in [0, 0.05) is 10.6 Å². The maximum Gasteiger partial charge on any atom is 0.323 e. The molecule has 0 aromatic heterocycles. The second kappa shape index (κ2) is 6.40. The van der Waals surface area contributed by atoms with E-state index in [-0.39, 0.29) is 0 Å². The second-order valence-electron chi connectivity index (χ2n) is 3.12. The van der Waals surface area contributed by atoms with Gasteiger partial charge in [0.25, 0.3) is 0 Å². The van der Waals surface area contributed by atoms with Crippen LogP contribution in [-0.4, -0.2) is 32.0 Å². The number of thioether (sulfide) groups is 1. The number of rotatable bonds is 5. The quantitative estimate of drug-likeness (QED) is 0.621. The van der Waals surface area contributed by atoms with E-state index < -0.39 is 12.0 Å². The van der Waals surface area contributed by atoms with Gasteiger partial charge in [-0.1, -0.05) is 6.07 Å². The average Bonchev–Trinajstić information content (AvgIpc) is 2.35. The highest BCUT2D eigenvalue weighted by atomic mass is 32.2. The number of nitrogens with two attached hydrogens (primary N) is 1. The molecule has 0 fully saturated rings. The number of ether oxygens (including phenoxy) is 2. The molecule has 0 aliphatic heterocycles. The third kappa shape index (κ3) is 3.75. The largest absolute Gasteiger partial charge is 0.497 e. The predicted octanol–water partition coefficient (Wildman–Crippen LogP) is 1.29.